The largest absolute Gasteiger partial charge is 0.372 e. The number of hydrogen-bond acceptors (Lipinski definition) is 3. The lowest BCUT2D eigenvalue weighted by atomic mass is 9.99. The number of likely N-dealkylation sites (N-methyl/N-ethyl adjacent to an activating group) is 1. The highest BCUT2D eigenvalue weighted by atomic mass is 16.5. The van der Waals surface area contributed by atoms with Crippen LogP contribution in [-0.4, -0.2) is 61.6 Å². The van der Waals surface area contributed by atoms with E-state index in [0.29, 0.717) is 12.0 Å². The van der Waals surface area contributed by atoms with Crippen molar-refractivity contribution in [2.75, 3.05) is 33.8 Å². The van der Waals surface area contributed by atoms with E-state index < -0.39 is 0 Å². The highest BCUT2D eigenvalue weighted by Gasteiger charge is 2.33. The minimum Gasteiger partial charge on any atom is -0.372 e. The molecule has 0 aromatic rings. The molecule has 1 rings (SSSR count). The van der Waals surface area contributed by atoms with Crippen LogP contribution in [0.5, 0.6) is 0 Å². The molecule has 0 unspecified atom stereocenters. The van der Waals surface area contributed by atoms with E-state index in [1.165, 1.54) is 0 Å². The van der Waals surface area contributed by atoms with Crippen molar-refractivity contribution in [3.05, 3.63) is 0 Å². The van der Waals surface area contributed by atoms with Gasteiger partial charge in [-0.05, 0) is 19.9 Å². The Hall–Kier alpha value is -0.610. The molecule has 94 valence electrons. The van der Waals surface area contributed by atoms with Gasteiger partial charge in [0.05, 0.1) is 0 Å². The zero-order chi connectivity index (χ0) is 12.3. The molecule has 0 saturated carbocycles. The second-order valence-corrected chi connectivity index (χ2v) is 4.98. The van der Waals surface area contributed by atoms with E-state index in [4.69, 9.17) is 4.74 Å². The monoisotopic (exact) mass is 228 g/mol. The van der Waals surface area contributed by atoms with Gasteiger partial charge in [-0.1, -0.05) is 13.8 Å². The van der Waals surface area contributed by atoms with Crippen molar-refractivity contribution >= 4 is 5.91 Å². The predicted octanol–water partition coefficient (Wildman–Crippen LogP) is 0.820. The van der Waals surface area contributed by atoms with Crippen LogP contribution in [0.25, 0.3) is 0 Å². The maximum absolute atomic E-state index is 12.1. The van der Waals surface area contributed by atoms with Crippen LogP contribution in [-0.2, 0) is 9.53 Å². The van der Waals surface area contributed by atoms with Crippen molar-refractivity contribution in [1.29, 1.82) is 0 Å². The van der Waals surface area contributed by atoms with Gasteiger partial charge in [0, 0.05) is 32.8 Å². The zero-order valence-corrected chi connectivity index (χ0v) is 11.1. The molecule has 16 heavy (non-hydrogen) atoms. The third-order valence-corrected chi connectivity index (χ3v) is 3.38. The summed E-state index contributed by atoms with van der Waals surface area (Å²) in [6.45, 7) is 8.87. The average Bonchev–Trinajstić information content (AvgIpc) is 2.26. The van der Waals surface area contributed by atoms with Gasteiger partial charge in [-0.15, -0.1) is 0 Å². The van der Waals surface area contributed by atoms with Gasteiger partial charge in [0.25, 0.3) is 5.91 Å². The van der Waals surface area contributed by atoms with Crippen LogP contribution in [0.4, 0.5) is 0 Å². The predicted molar refractivity (Wildman–Crippen MR) is 64.3 cm³/mol. The summed E-state index contributed by atoms with van der Waals surface area (Å²) >= 11 is 0. The highest BCUT2D eigenvalue weighted by Crippen LogP contribution is 2.17. The van der Waals surface area contributed by atoms with Gasteiger partial charge in [0.2, 0.25) is 0 Å². The van der Waals surface area contributed by atoms with Crippen molar-refractivity contribution in [3.63, 3.8) is 0 Å². The van der Waals surface area contributed by atoms with E-state index in [-0.39, 0.29) is 12.0 Å². The summed E-state index contributed by atoms with van der Waals surface area (Å²) in [6.07, 6.45) is -0.329. The SMILES string of the molecule is CO[C@@H](C)C(=O)N1CCN(C)C[C@@H]1C(C)C. The second-order valence-electron chi connectivity index (χ2n) is 4.98. The molecule has 0 aromatic carbocycles. The first-order valence-electron chi connectivity index (χ1n) is 5.99. The van der Waals surface area contributed by atoms with Crippen LogP contribution >= 0.6 is 0 Å². The van der Waals surface area contributed by atoms with Crippen LogP contribution in [0, 0.1) is 5.92 Å². The first kappa shape index (κ1) is 13.5. The Morgan fingerprint density at radius 2 is 1.94 bits per heavy atom. The number of carbonyl (C=O) groups excluding carboxylic acids is 1. The normalized spacial score (nSPS) is 24.9. The molecule has 0 aromatic heterocycles. The van der Waals surface area contributed by atoms with Crippen molar-refractivity contribution in [1.82, 2.24) is 9.80 Å². The smallest absolute Gasteiger partial charge is 0.251 e. The van der Waals surface area contributed by atoms with E-state index in [9.17, 15) is 4.79 Å². The van der Waals surface area contributed by atoms with Crippen molar-refractivity contribution in [2.24, 2.45) is 5.92 Å². The van der Waals surface area contributed by atoms with E-state index in [2.05, 4.69) is 25.8 Å². The van der Waals surface area contributed by atoms with Crippen molar-refractivity contribution in [2.45, 2.75) is 32.9 Å². The highest BCUT2D eigenvalue weighted by molar-refractivity contribution is 5.81. The van der Waals surface area contributed by atoms with E-state index >= 15 is 0 Å². The number of piperazine rings is 1. The summed E-state index contributed by atoms with van der Waals surface area (Å²) in [5.74, 6) is 0.602. The molecule has 1 fully saturated rings. The molecular weight excluding hydrogens is 204 g/mol. The van der Waals surface area contributed by atoms with Crippen molar-refractivity contribution in [3.8, 4) is 0 Å². The number of methoxy groups -OCH3 is 1. The minimum atomic E-state index is -0.329. The van der Waals surface area contributed by atoms with Gasteiger partial charge in [0.1, 0.15) is 6.10 Å². The number of ether oxygens (including phenoxy) is 1. The Kier molecular flexibility index (Phi) is 4.74. The number of amides is 1. The fourth-order valence-electron chi connectivity index (χ4n) is 2.13. The Balaban J connectivity index is 2.72. The maximum Gasteiger partial charge on any atom is 0.251 e. The Bertz CT molecular complexity index is 243. The Morgan fingerprint density at radius 3 is 2.44 bits per heavy atom. The number of rotatable bonds is 3. The fourth-order valence-corrected chi connectivity index (χ4v) is 2.13. The third-order valence-electron chi connectivity index (χ3n) is 3.38. The number of carbonyl (C=O) groups is 1. The standard InChI is InChI=1S/C12H24N2O2/c1-9(2)11-8-13(4)6-7-14(11)12(15)10(3)16-5/h9-11H,6-8H2,1-5H3/t10-,11+/m0/s1. The van der Waals surface area contributed by atoms with Crippen LogP contribution in [0.2, 0.25) is 0 Å². The lowest BCUT2D eigenvalue weighted by molar-refractivity contribution is -0.147. The first-order valence-corrected chi connectivity index (χ1v) is 5.99. The molecule has 1 aliphatic heterocycles. The molecule has 0 aliphatic carbocycles. The molecule has 4 nitrogen and oxygen atoms in total. The minimum absolute atomic E-state index is 0.120. The summed E-state index contributed by atoms with van der Waals surface area (Å²) in [5, 5.41) is 0. The van der Waals surface area contributed by atoms with Gasteiger partial charge in [-0.25, -0.2) is 0 Å². The quantitative estimate of drug-likeness (QED) is 0.717. The summed E-state index contributed by atoms with van der Waals surface area (Å²) in [5.41, 5.74) is 0. The van der Waals surface area contributed by atoms with E-state index in [1.807, 2.05) is 11.8 Å². The van der Waals surface area contributed by atoms with Crippen LogP contribution in [0.15, 0.2) is 0 Å². The summed E-state index contributed by atoms with van der Waals surface area (Å²) in [6, 6.07) is 0.309. The van der Waals surface area contributed by atoms with Crippen molar-refractivity contribution < 1.29 is 9.53 Å². The molecule has 1 saturated heterocycles. The summed E-state index contributed by atoms with van der Waals surface area (Å²) in [4.78, 5) is 16.4. The van der Waals surface area contributed by atoms with Gasteiger partial charge < -0.3 is 14.5 Å². The zero-order valence-electron chi connectivity index (χ0n) is 11.1. The summed E-state index contributed by atoms with van der Waals surface area (Å²) < 4.78 is 5.12. The molecule has 0 radical (unpaired) electrons. The lowest BCUT2D eigenvalue weighted by Crippen LogP contribution is -2.58. The van der Waals surface area contributed by atoms with E-state index in [0.717, 1.165) is 19.6 Å². The van der Waals surface area contributed by atoms with Gasteiger partial charge in [-0.2, -0.15) is 0 Å². The first-order chi connectivity index (χ1) is 7.47. The molecule has 1 amide bonds. The Labute approximate surface area is 98.5 Å². The molecule has 4 heteroatoms. The van der Waals surface area contributed by atoms with Crippen LogP contribution in [0.3, 0.4) is 0 Å². The lowest BCUT2D eigenvalue weighted by Gasteiger charge is -2.43. The number of nitrogens with zero attached hydrogens (tertiary/aromatic N) is 2. The molecular formula is C12H24N2O2. The van der Waals surface area contributed by atoms with E-state index in [1.54, 1.807) is 7.11 Å². The molecule has 1 heterocycles. The molecule has 0 spiro atoms. The average molecular weight is 228 g/mol. The second kappa shape index (κ2) is 5.64. The topological polar surface area (TPSA) is 32.8 Å². The van der Waals surface area contributed by atoms with Crippen LogP contribution < -0.4 is 0 Å². The van der Waals surface area contributed by atoms with Gasteiger partial charge >= 0.3 is 0 Å². The third kappa shape index (κ3) is 2.95. The summed E-state index contributed by atoms with van der Waals surface area (Å²) in [7, 11) is 3.69. The van der Waals surface area contributed by atoms with Gasteiger partial charge in [-0.3, -0.25) is 4.79 Å². The fraction of sp³-hybridized carbons (Fsp3) is 0.917. The molecule has 0 bridgehead atoms. The van der Waals surface area contributed by atoms with Crippen LogP contribution in [0.1, 0.15) is 20.8 Å². The molecule has 1 aliphatic rings. The molecule has 0 N–H and O–H groups in total. The maximum atomic E-state index is 12.1. The Morgan fingerprint density at radius 1 is 1.31 bits per heavy atom. The van der Waals surface area contributed by atoms with Gasteiger partial charge in [0.15, 0.2) is 0 Å². The molecule has 2 atom stereocenters. The number of hydrogen-bond donors (Lipinski definition) is 0.